The fraction of sp³-hybridized carbons (Fsp3) is 0. The third-order valence-electron chi connectivity index (χ3n) is 2.15. The summed E-state index contributed by atoms with van der Waals surface area (Å²) in [5.74, 6) is 0.566. The second-order valence-electron chi connectivity index (χ2n) is 3.20. The van der Waals surface area contributed by atoms with E-state index in [2.05, 4.69) is 0 Å². The normalized spacial score (nSPS) is 9.88. The van der Waals surface area contributed by atoms with Crippen LogP contribution in [0.15, 0.2) is 34.7 Å². The first-order valence-electron chi connectivity index (χ1n) is 4.56. The third-order valence-corrected chi connectivity index (χ3v) is 2.46. The zero-order valence-corrected chi connectivity index (χ0v) is 9.14. The van der Waals surface area contributed by atoms with Gasteiger partial charge >= 0.3 is 0 Å². The molecule has 0 saturated carbocycles. The Balaban J connectivity index is 2.47. The topological polar surface area (TPSA) is 80.1 Å². The molecule has 0 aliphatic rings. The summed E-state index contributed by atoms with van der Waals surface area (Å²) in [4.78, 5) is 10.0. The van der Waals surface area contributed by atoms with Crippen LogP contribution < -0.4 is 0 Å². The van der Waals surface area contributed by atoms with Gasteiger partial charge in [-0.2, -0.15) is 5.26 Å². The average Bonchev–Trinajstić information content (AvgIpc) is 2.77. The Morgan fingerprint density at radius 1 is 1.35 bits per heavy atom. The van der Waals surface area contributed by atoms with Crippen LogP contribution in [0.5, 0.6) is 0 Å². The Labute approximate surface area is 101 Å². The first-order chi connectivity index (χ1) is 8.11. The number of hydrogen-bond donors (Lipinski definition) is 0. The first-order valence-corrected chi connectivity index (χ1v) is 4.94. The van der Waals surface area contributed by atoms with E-state index in [1.54, 1.807) is 6.07 Å². The lowest BCUT2D eigenvalue weighted by Gasteiger charge is -2.00. The number of nitro groups is 1. The van der Waals surface area contributed by atoms with E-state index in [0.29, 0.717) is 11.3 Å². The van der Waals surface area contributed by atoms with Gasteiger partial charge in [0, 0.05) is 17.7 Å². The number of benzene rings is 1. The summed E-state index contributed by atoms with van der Waals surface area (Å²) in [6, 6.07) is 9.00. The van der Waals surface area contributed by atoms with Gasteiger partial charge in [0.1, 0.15) is 11.8 Å². The van der Waals surface area contributed by atoms with E-state index >= 15 is 0 Å². The summed E-state index contributed by atoms with van der Waals surface area (Å²) < 4.78 is 5.18. The van der Waals surface area contributed by atoms with Crippen molar-refractivity contribution >= 4 is 17.3 Å². The second-order valence-corrected chi connectivity index (χ2v) is 3.60. The molecule has 0 unspecified atom stereocenters. The number of furan rings is 1. The van der Waals surface area contributed by atoms with Crippen LogP contribution in [0.4, 0.5) is 5.69 Å². The van der Waals surface area contributed by atoms with Gasteiger partial charge < -0.3 is 4.42 Å². The molecule has 1 aromatic heterocycles. The minimum absolute atomic E-state index is 0.0918. The SMILES string of the molecule is N#Cc1ccc(-c2ccc([N+](=O)[O-])cc2Cl)o1. The molecule has 0 radical (unpaired) electrons. The Bertz CT molecular complexity index is 628. The summed E-state index contributed by atoms with van der Waals surface area (Å²) in [5.41, 5.74) is 0.421. The lowest BCUT2D eigenvalue weighted by Crippen LogP contribution is -1.88. The number of halogens is 1. The van der Waals surface area contributed by atoms with E-state index in [4.69, 9.17) is 21.3 Å². The molecule has 0 bridgehead atoms. The Kier molecular flexibility index (Phi) is 2.81. The van der Waals surface area contributed by atoms with E-state index in [0.717, 1.165) is 0 Å². The summed E-state index contributed by atoms with van der Waals surface area (Å²) in [7, 11) is 0. The van der Waals surface area contributed by atoms with Gasteiger partial charge in [-0.1, -0.05) is 11.6 Å². The zero-order valence-electron chi connectivity index (χ0n) is 8.38. The number of non-ortho nitro benzene ring substituents is 1. The number of nitrogens with zero attached hydrogens (tertiary/aromatic N) is 2. The Hall–Kier alpha value is -2.32. The van der Waals surface area contributed by atoms with Crippen molar-refractivity contribution in [2.75, 3.05) is 0 Å². The van der Waals surface area contributed by atoms with Gasteiger partial charge in [0.25, 0.3) is 5.69 Å². The van der Waals surface area contributed by atoms with Crippen molar-refractivity contribution < 1.29 is 9.34 Å². The summed E-state index contributed by atoms with van der Waals surface area (Å²) >= 11 is 5.91. The van der Waals surface area contributed by atoms with Crippen LogP contribution in [0.3, 0.4) is 0 Å². The summed E-state index contributed by atoms with van der Waals surface area (Å²) in [6.45, 7) is 0. The molecule has 0 atom stereocenters. The standard InChI is InChI=1S/C11H5ClN2O3/c12-10-5-7(14(15)16)1-3-9(10)11-4-2-8(6-13)17-11/h1-5H. The van der Waals surface area contributed by atoms with E-state index in [9.17, 15) is 10.1 Å². The average molecular weight is 249 g/mol. The Morgan fingerprint density at radius 3 is 2.65 bits per heavy atom. The van der Waals surface area contributed by atoms with Gasteiger partial charge in [-0.3, -0.25) is 10.1 Å². The molecule has 2 rings (SSSR count). The zero-order chi connectivity index (χ0) is 12.4. The quantitative estimate of drug-likeness (QED) is 0.603. The van der Waals surface area contributed by atoms with Crippen LogP contribution in [0.2, 0.25) is 5.02 Å². The molecule has 0 fully saturated rings. The molecule has 1 heterocycles. The summed E-state index contributed by atoms with van der Waals surface area (Å²) in [5, 5.41) is 19.4. The smallest absolute Gasteiger partial charge is 0.270 e. The van der Waals surface area contributed by atoms with Crippen LogP contribution in [0.1, 0.15) is 5.76 Å². The van der Waals surface area contributed by atoms with Gasteiger partial charge in [-0.15, -0.1) is 0 Å². The minimum atomic E-state index is -0.529. The fourth-order valence-corrected chi connectivity index (χ4v) is 1.63. The molecule has 17 heavy (non-hydrogen) atoms. The maximum Gasteiger partial charge on any atom is 0.270 e. The van der Waals surface area contributed by atoms with Crippen molar-refractivity contribution in [1.82, 2.24) is 0 Å². The monoisotopic (exact) mass is 248 g/mol. The molecule has 0 N–H and O–H groups in total. The van der Waals surface area contributed by atoms with Gasteiger partial charge in [-0.05, 0) is 18.2 Å². The van der Waals surface area contributed by atoms with Crippen LogP contribution in [0.25, 0.3) is 11.3 Å². The maximum atomic E-state index is 10.5. The van der Waals surface area contributed by atoms with Gasteiger partial charge in [-0.25, -0.2) is 0 Å². The highest BCUT2D eigenvalue weighted by atomic mass is 35.5. The molecule has 5 nitrogen and oxygen atoms in total. The lowest BCUT2D eigenvalue weighted by atomic mass is 10.1. The highest BCUT2D eigenvalue weighted by molar-refractivity contribution is 6.33. The molecular formula is C11H5ClN2O3. The molecule has 2 aromatic rings. The molecule has 1 aromatic carbocycles. The van der Waals surface area contributed by atoms with Crippen LogP contribution in [-0.4, -0.2) is 4.92 Å². The fourth-order valence-electron chi connectivity index (χ4n) is 1.36. The van der Waals surface area contributed by atoms with Crippen LogP contribution >= 0.6 is 11.6 Å². The maximum absolute atomic E-state index is 10.5. The Morgan fingerprint density at radius 2 is 2.12 bits per heavy atom. The van der Waals surface area contributed by atoms with Crippen molar-refractivity contribution in [2.45, 2.75) is 0 Å². The molecule has 0 saturated heterocycles. The van der Waals surface area contributed by atoms with Gasteiger partial charge in [0.2, 0.25) is 5.76 Å². The van der Waals surface area contributed by atoms with E-state index in [-0.39, 0.29) is 16.5 Å². The van der Waals surface area contributed by atoms with Crippen molar-refractivity contribution in [3.8, 4) is 17.4 Å². The molecule has 0 amide bonds. The van der Waals surface area contributed by atoms with Crippen molar-refractivity contribution in [2.24, 2.45) is 0 Å². The molecule has 84 valence electrons. The van der Waals surface area contributed by atoms with Crippen LogP contribution in [0, 0.1) is 21.4 Å². The largest absolute Gasteiger partial charge is 0.446 e. The highest BCUT2D eigenvalue weighted by Crippen LogP contribution is 2.31. The minimum Gasteiger partial charge on any atom is -0.446 e. The predicted octanol–water partition coefficient (Wildman–Crippen LogP) is 3.38. The van der Waals surface area contributed by atoms with E-state index < -0.39 is 4.92 Å². The molecule has 0 spiro atoms. The van der Waals surface area contributed by atoms with Gasteiger partial charge in [0.05, 0.1) is 9.95 Å². The third kappa shape index (κ3) is 2.12. The number of rotatable bonds is 2. The lowest BCUT2D eigenvalue weighted by molar-refractivity contribution is -0.384. The molecule has 0 aliphatic carbocycles. The molecule has 6 heteroatoms. The van der Waals surface area contributed by atoms with Gasteiger partial charge in [0.15, 0.2) is 0 Å². The van der Waals surface area contributed by atoms with Crippen molar-refractivity contribution in [3.05, 3.63) is 51.2 Å². The number of hydrogen-bond acceptors (Lipinski definition) is 4. The first kappa shape index (κ1) is 11.2. The van der Waals surface area contributed by atoms with E-state index in [1.165, 1.54) is 24.3 Å². The summed E-state index contributed by atoms with van der Waals surface area (Å²) in [6.07, 6.45) is 0. The van der Waals surface area contributed by atoms with Crippen molar-refractivity contribution in [1.29, 1.82) is 5.26 Å². The second kappa shape index (κ2) is 4.28. The number of nitriles is 1. The van der Waals surface area contributed by atoms with Crippen molar-refractivity contribution in [3.63, 3.8) is 0 Å². The molecular weight excluding hydrogens is 244 g/mol. The molecule has 0 aliphatic heterocycles. The number of nitro benzene ring substituents is 1. The highest BCUT2D eigenvalue weighted by Gasteiger charge is 2.13. The van der Waals surface area contributed by atoms with Crippen LogP contribution in [-0.2, 0) is 0 Å². The predicted molar refractivity (Wildman–Crippen MR) is 60.5 cm³/mol. The van der Waals surface area contributed by atoms with E-state index in [1.807, 2.05) is 6.07 Å².